The van der Waals surface area contributed by atoms with Crippen LogP contribution in [-0.4, -0.2) is 38.4 Å². The van der Waals surface area contributed by atoms with Crippen LogP contribution in [-0.2, 0) is 15.8 Å². The molecule has 0 aliphatic carbocycles. The Balaban J connectivity index is 1.64. The number of hydrogen-bond donors (Lipinski definition) is 1. The molecule has 1 N–H and O–H groups in total. The van der Waals surface area contributed by atoms with E-state index in [1.807, 2.05) is 0 Å². The van der Waals surface area contributed by atoms with Gasteiger partial charge < -0.3 is 9.32 Å². The summed E-state index contributed by atoms with van der Waals surface area (Å²) in [7, 11) is -3.85. The zero-order chi connectivity index (χ0) is 18.7. The third-order valence-corrected chi connectivity index (χ3v) is 5.53. The van der Waals surface area contributed by atoms with Gasteiger partial charge in [0.2, 0.25) is 10.0 Å². The molecular weight excluding hydrogens is 366 g/mol. The number of carbonyl (C=O) groups is 1. The van der Waals surface area contributed by atoms with Gasteiger partial charge in [-0.15, -0.1) is 0 Å². The highest BCUT2D eigenvalue weighted by Gasteiger charge is 2.28. The summed E-state index contributed by atoms with van der Waals surface area (Å²) in [5, 5.41) is 0. The van der Waals surface area contributed by atoms with Crippen molar-refractivity contribution >= 4 is 15.9 Å². The predicted molar refractivity (Wildman–Crippen MR) is 89.8 cm³/mol. The highest BCUT2D eigenvalue weighted by Crippen LogP contribution is 2.17. The maximum Gasteiger partial charge on any atom is 0.289 e. The van der Waals surface area contributed by atoms with E-state index in [0.717, 1.165) is 12.1 Å². The Kier molecular flexibility index (Phi) is 5.38. The number of carbonyl (C=O) groups excluding carboxylic acids is 1. The molecule has 1 fully saturated rings. The molecule has 140 valence electrons. The molecule has 26 heavy (non-hydrogen) atoms. The molecule has 0 spiro atoms. The van der Waals surface area contributed by atoms with E-state index in [2.05, 4.69) is 4.72 Å². The van der Waals surface area contributed by atoms with E-state index in [0.29, 0.717) is 25.5 Å². The molecule has 2 aromatic rings. The molecule has 9 heteroatoms. The fourth-order valence-electron chi connectivity index (χ4n) is 2.95. The molecule has 1 saturated heterocycles. The summed E-state index contributed by atoms with van der Waals surface area (Å²) in [5.41, 5.74) is -0.113. The third-order valence-electron chi connectivity index (χ3n) is 4.15. The number of rotatable bonds is 5. The molecule has 1 aliphatic heterocycles. The lowest BCUT2D eigenvalue weighted by molar-refractivity contribution is 0.0671. The zero-order valence-corrected chi connectivity index (χ0v) is 14.6. The summed E-state index contributed by atoms with van der Waals surface area (Å²) in [6.45, 7) is 0.703. The number of furan rings is 1. The number of benzene rings is 1. The lowest BCUT2D eigenvalue weighted by atomic mass is 10.1. The van der Waals surface area contributed by atoms with Gasteiger partial charge in [0.25, 0.3) is 5.91 Å². The molecule has 2 heterocycles. The van der Waals surface area contributed by atoms with Crippen molar-refractivity contribution in [3.8, 4) is 0 Å². The van der Waals surface area contributed by atoms with E-state index in [-0.39, 0.29) is 23.8 Å². The number of amides is 1. The van der Waals surface area contributed by atoms with Crippen molar-refractivity contribution in [2.45, 2.75) is 24.6 Å². The molecule has 1 aliphatic rings. The highest BCUT2D eigenvalue weighted by molar-refractivity contribution is 7.88. The Morgan fingerprint density at radius 2 is 2.12 bits per heavy atom. The van der Waals surface area contributed by atoms with Gasteiger partial charge in [0.05, 0.1) is 12.0 Å². The normalized spacial score (nSPS) is 18.1. The average molecular weight is 384 g/mol. The summed E-state index contributed by atoms with van der Waals surface area (Å²) >= 11 is 0. The molecule has 1 aromatic carbocycles. The van der Waals surface area contributed by atoms with Crippen molar-refractivity contribution in [2.75, 3.05) is 13.1 Å². The van der Waals surface area contributed by atoms with Crippen molar-refractivity contribution in [3.05, 3.63) is 59.6 Å². The first-order valence-electron chi connectivity index (χ1n) is 8.11. The maximum atomic E-state index is 13.7. The first-order valence-corrected chi connectivity index (χ1v) is 9.76. The number of piperidine rings is 1. The number of hydrogen-bond acceptors (Lipinski definition) is 4. The number of likely N-dealkylation sites (tertiary alicyclic amines) is 1. The van der Waals surface area contributed by atoms with E-state index in [9.17, 15) is 22.0 Å². The average Bonchev–Trinajstić information content (AvgIpc) is 3.11. The topological polar surface area (TPSA) is 79.6 Å². The van der Waals surface area contributed by atoms with Gasteiger partial charge in [-0.1, -0.05) is 6.07 Å². The predicted octanol–water partition coefficient (Wildman–Crippen LogP) is 2.28. The van der Waals surface area contributed by atoms with Gasteiger partial charge in [-0.3, -0.25) is 4.79 Å². The van der Waals surface area contributed by atoms with Gasteiger partial charge in [-0.2, -0.15) is 0 Å². The Morgan fingerprint density at radius 1 is 1.31 bits per heavy atom. The second kappa shape index (κ2) is 7.55. The molecule has 3 rings (SSSR count). The summed E-state index contributed by atoms with van der Waals surface area (Å²) < 4.78 is 58.8. The first-order chi connectivity index (χ1) is 12.3. The van der Waals surface area contributed by atoms with Gasteiger partial charge in [0.1, 0.15) is 11.6 Å². The number of nitrogens with zero attached hydrogens (tertiary/aromatic N) is 1. The smallest absolute Gasteiger partial charge is 0.289 e. The molecule has 1 aromatic heterocycles. The van der Waals surface area contributed by atoms with Crippen LogP contribution in [0.2, 0.25) is 0 Å². The van der Waals surface area contributed by atoms with Gasteiger partial charge in [0, 0.05) is 30.8 Å². The summed E-state index contributed by atoms with van der Waals surface area (Å²) in [6.07, 6.45) is 2.59. The van der Waals surface area contributed by atoms with Gasteiger partial charge >= 0.3 is 0 Å². The van der Waals surface area contributed by atoms with Crippen molar-refractivity contribution in [3.63, 3.8) is 0 Å². The van der Waals surface area contributed by atoms with Crippen LogP contribution < -0.4 is 4.72 Å². The van der Waals surface area contributed by atoms with E-state index >= 15 is 0 Å². The van der Waals surface area contributed by atoms with Gasteiger partial charge in [-0.05, 0) is 31.0 Å². The Hall–Kier alpha value is -2.26. The van der Waals surface area contributed by atoms with E-state index in [1.165, 1.54) is 11.2 Å². The van der Waals surface area contributed by atoms with Crippen molar-refractivity contribution in [1.82, 2.24) is 9.62 Å². The molecule has 1 atom stereocenters. The van der Waals surface area contributed by atoms with E-state index < -0.39 is 33.5 Å². The Bertz CT molecular complexity index is 884. The lowest BCUT2D eigenvalue weighted by Gasteiger charge is -2.32. The zero-order valence-electron chi connectivity index (χ0n) is 13.8. The highest BCUT2D eigenvalue weighted by atomic mass is 32.2. The Labute approximate surface area is 149 Å². The lowest BCUT2D eigenvalue weighted by Crippen LogP contribution is -2.49. The quantitative estimate of drug-likeness (QED) is 0.858. The fraction of sp³-hybridized carbons (Fsp3) is 0.353. The van der Waals surface area contributed by atoms with Crippen molar-refractivity contribution in [1.29, 1.82) is 0 Å². The van der Waals surface area contributed by atoms with Crippen LogP contribution in [0.4, 0.5) is 8.78 Å². The molecular formula is C17H18F2N2O4S. The molecule has 0 radical (unpaired) electrons. The van der Waals surface area contributed by atoms with Crippen LogP contribution in [0.25, 0.3) is 0 Å². The second-order valence-electron chi connectivity index (χ2n) is 6.18. The minimum absolute atomic E-state index is 0.113. The second-order valence-corrected chi connectivity index (χ2v) is 7.93. The molecule has 6 nitrogen and oxygen atoms in total. The number of sulfonamides is 1. The van der Waals surface area contributed by atoms with Crippen molar-refractivity contribution in [2.24, 2.45) is 0 Å². The summed E-state index contributed by atoms with van der Waals surface area (Å²) in [5.74, 6) is -2.38. The fourth-order valence-corrected chi connectivity index (χ4v) is 4.38. The van der Waals surface area contributed by atoms with Crippen LogP contribution in [0.5, 0.6) is 0 Å². The van der Waals surface area contributed by atoms with E-state index in [4.69, 9.17) is 4.42 Å². The minimum atomic E-state index is -3.85. The largest absolute Gasteiger partial charge is 0.459 e. The Morgan fingerprint density at radius 3 is 2.81 bits per heavy atom. The van der Waals surface area contributed by atoms with Crippen LogP contribution in [0.1, 0.15) is 29.0 Å². The standard InChI is InChI=1S/C17H18F2N2O4S/c18-13-6-5-12(15(19)9-13)11-26(23,24)20-14-3-1-7-21(10-14)17(22)16-4-2-8-25-16/h2,4-6,8-9,14,20H,1,3,7,10-11H2. The first kappa shape index (κ1) is 18.5. The van der Waals surface area contributed by atoms with Gasteiger partial charge in [0.15, 0.2) is 5.76 Å². The van der Waals surface area contributed by atoms with Crippen LogP contribution in [0.15, 0.2) is 41.0 Å². The van der Waals surface area contributed by atoms with Crippen LogP contribution >= 0.6 is 0 Å². The number of halogens is 2. The summed E-state index contributed by atoms with van der Waals surface area (Å²) in [4.78, 5) is 13.8. The molecule has 1 amide bonds. The van der Waals surface area contributed by atoms with Gasteiger partial charge in [-0.25, -0.2) is 21.9 Å². The maximum absolute atomic E-state index is 13.7. The monoisotopic (exact) mass is 384 g/mol. The molecule has 0 bridgehead atoms. The SMILES string of the molecule is O=C(c1ccco1)N1CCCC(NS(=O)(=O)Cc2ccc(F)cc2F)C1. The third kappa shape index (κ3) is 4.47. The summed E-state index contributed by atoms with van der Waals surface area (Å²) in [6, 6.07) is 5.45. The van der Waals surface area contributed by atoms with Crippen molar-refractivity contribution < 1.29 is 26.4 Å². The number of nitrogens with one attached hydrogen (secondary N) is 1. The molecule has 0 saturated carbocycles. The van der Waals surface area contributed by atoms with Crippen LogP contribution in [0, 0.1) is 11.6 Å². The molecule has 1 unspecified atom stereocenters. The minimum Gasteiger partial charge on any atom is -0.459 e. The van der Waals surface area contributed by atoms with E-state index in [1.54, 1.807) is 12.1 Å². The van der Waals surface area contributed by atoms with Crippen LogP contribution in [0.3, 0.4) is 0 Å².